The molecule has 1 aromatic heterocycles. The molecule has 1 aliphatic heterocycles. The lowest BCUT2D eigenvalue weighted by molar-refractivity contribution is -0.0738. The van der Waals surface area contributed by atoms with Crippen molar-refractivity contribution in [2.45, 2.75) is 44.5 Å². The van der Waals surface area contributed by atoms with Crippen LogP contribution in [-0.2, 0) is 11.3 Å². The first-order valence-electron chi connectivity index (χ1n) is 6.94. The third kappa shape index (κ3) is 2.06. The van der Waals surface area contributed by atoms with Gasteiger partial charge in [-0.05, 0) is 25.8 Å². The molecule has 0 aromatic carbocycles. The highest BCUT2D eigenvalue weighted by Gasteiger charge is 2.41. The highest BCUT2D eigenvalue weighted by molar-refractivity contribution is 5.13. The summed E-state index contributed by atoms with van der Waals surface area (Å²) in [5.41, 5.74) is 7.14. The second kappa shape index (κ2) is 4.99. The Morgan fingerprint density at radius 3 is 3.00 bits per heavy atom. The quantitative estimate of drug-likeness (QED) is 0.857. The van der Waals surface area contributed by atoms with Crippen LogP contribution in [0, 0.1) is 0 Å². The van der Waals surface area contributed by atoms with Gasteiger partial charge < -0.3 is 10.5 Å². The van der Waals surface area contributed by atoms with E-state index in [0.29, 0.717) is 6.54 Å². The number of aromatic nitrogens is 2. The standard InChI is InChI=1S/C13H22N4O/c1-2-17-11(5-6-15-17)13-12(9-14)18-8-7-16(13)10-3-4-10/h5-6,10,12-13H,2-4,7-9,14H2,1H3. The van der Waals surface area contributed by atoms with Crippen molar-refractivity contribution >= 4 is 0 Å². The zero-order chi connectivity index (χ0) is 12.5. The normalized spacial score (nSPS) is 29.7. The van der Waals surface area contributed by atoms with Gasteiger partial charge in [0.2, 0.25) is 0 Å². The molecule has 2 aliphatic rings. The number of nitrogens with zero attached hydrogens (tertiary/aromatic N) is 3. The van der Waals surface area contributed by atoms with E-state index in [1.165, 1.54) is 18.5 Å². The Kier molecular flexibility index (Phi) is 3.37. The summed E-state index contributed by atoms with van der Waals surface area (Å²) in [6.07, 6.45) is 4.61. The van der Waals surface area contributed by atoms with Gasteiger partial charge in [-0.15, -0.1) is 0 Å². The smallest absolute Gasteiger partial charge is 0.0909 e. The molecule has 1 saturated heterocycles. The second-order valence-corrected chi connectivity index (χ2v) is 5.13. The lowest BCUT2D eigenvalue weighted by Crippen LogP contribution is -2.49. The monoisotopic (exact) mass is 250 g/mol. The van der Waals surface area contributed by atoms with Crippen LogP contribution in [0.25, 0.3) is 0 Å². The Labute approximate surface area is 108 Å². The van der Waals surface area contributed by atoms with Crippen LogP contribution in [0.1, 0.15) is 31.5 Å². The average molecular weight is 250 g/mol. The molecule has 0 radical (unpaired) electrons. The molecule has 0 amide bonds. The van der Waals surface area contributed by atoms with E-state index in [9.17, 15) is 0 Å². The van der Waals surface area contributed by atoms with Crippen molar-refractivity contribution in [2.75, 3.05) is 19.7 Å². The van der Waals surface area contributed by atoms with Gasteiger partial charge in [-0.1, -0.05) is 0 Å². The fourth-order valence-corrected chi connectivity index (χ4v) is 2.98. The van der Waals surface area contributed by atoms with Gasteiger partial charge in [-0.2, -0.15) is 5.10 Å². The van der Waals surface area contributed by atoms with Gasteiger partial charge in [0.25, 0.3) is 0 Å². The van der Waals surface area contributed by atoms with Crippen molar-refractivity contribution in [3.8, 4) is 0 Å². The summed E-state index contributed by atoms with van der Waals surface area (Å²) in [5.74, 6) is 0. The van der Waals surface area contributed by atoms with Gasteiger partial charge in [0.1, 0.15) is 0 Å². The molecule has 0 spiro atoms. The van der Waals surface area contributed by atoms with E-state index in [1.807, 2.05) is 6.20 Å². The molecule has 2 fully saturated rings. The molecule has 0 bridgehead atoms. The molecular weight excluding hydrogens is 228 g/mol. The predicted molar refractivity (Wildman–Crippen MR) is 69.2 cm³/mol. The molecule has 2 atom stereocenters. The largest absolute Gasteiger partial charge is 0.374 e. The summed E-state index contributed by atoms with van der Waals surface area (Å²) in [6.45, 7) is 5.41. The molecule has 5 nitrogen and oxygen atoms in total. The number of morpholine rings is 1. The Hall–Kier alpha value is -0.910. The zero-order valence-corrected chi connectivity index (χ0v) is 11.0. The lowest BCUT2D eigenvalue weighted by atomic mass is 10.0. The summed E-state index contributed by atoms with van der Waals surface area (Å²) >= 11 is 0. The lowest BCUT2D eigenvalue weighted by Gasteiger charge is -2.41. The van der Waals surface area contributed by atoms with Crippen LogP contribution < -0.4 is 5.73 Å². The van der Waals surface area contributed by atoms with E-state index in [2.05, 4.69) is 27.7 Å². The Morgan fingerprint density at radius 2 is 2.33 bits per heavy atom. The van der Waals surface area contributed by atoms with Crippen LogP contribution in [0.3, 0.4) is 0 Å². The maximum Gasteiger partial charge on any atom is 0.0909 e. The van der Waals surface area contributed by atoms with Crippen LogP contribution in [0.5, 0.6) is 0 Å². The van der Waals surface area contributed by atoms with Gasteiger partial charge in [0.15, 0.2) is 0 Å². The Morgan fingerprint density at radius 1 is 1.50 bits per heavy atom. The van der Waals surface area contributed by atoms with E-state index in [1.54, 1.807) is 0 Å². The van der Waals surface area contributed by atoms with Crippen LogP contribution in [0.15, 0.2) is 12.3 Å². The van der Waals surface area contributed by atoms with Crippen molar-refractivity contribution in [2.24, 2.45) is 5.73 Å². The molecule has 5 heteroatoms. The molecule has 1 aliphatic carbocycles. The highest BCUT2D eigenvalue weighted by Crippen LogP contribution is 2.38. The first-order valence-corrected chi connectivity index (χ1v) is 6.94. The SMILES string of the molecule is CCn1nccc1C1C(CN)OCCN1C1CC1. The highest BCUT2D eigenvalue weighted by atomic mass is 16.5. The molecule has 2 heterocycles. The number of rotatable bonds is 4. The van der Waals surface area contributed by atoms with Gasteiger partial charge in [-0.3, -0.25) is 9.58 Å². The van der Waals surface area contributed by atoms with E-state index in [-0.39, 0.29) is 12.1 Å². The van der Waals surface area contributed by atoms with E-state index in [4.69, 9.17) is 10.5 Å². The van der Waals surface area contributed by atoms with Crippen LogP contribution in [0.2, 0.25) is 0 Å². The Balaban J connectivity index is 1.91. The molecule has 100 valence electrons. The number of nitrogens with two attached hydrogens (primary N) is 1. The third-order valence-corrected chi connectivity index (χ3v) is 3.99. The van der Waals surface area contributed by atoms with E-state index in [0.717, 1.165) is 25.7 Å². The number of ether oxygens (including phenoxy) is 1. The molecule has 2 N–H and O–H groups in total. The topological polar surface area (TPSA) is 56.3 Å². The van der Waals surface area contributed by atoms with Crippen molar-refractivity contribution in [3.05, 3.63) is 18.0 Å². The minimum Gasteiger partial charge on any atom is -0.374 e. The molecule has 2 unspecified atom stereocenters. The fraction of sp³-hybridized carbons (Fsp3) is 0.769. The summed E-state index contributed by atoms with van der Waals surface area (Å²) in [6, 6.07) is 3.12. The van der Waals surface area contributed by atoms with Gasteiger partial charge in [0.05, 0.1) is 24.4 Å². The van der Waals surface area contributed by atoms with Crippen LogP contribution >= 0.6 is 0 Å². The van der Waals surface area contributed by atoms with Crippen LogP contribution in [0.4, 0.5) is 0 Å². The maximum absolute atomic E-state index is 5.89. The van der Waals surface area contributed by atoms with E-state index < -0.39 is 0 Å². The number of aryl methyl sites for hydroxylation is 1. The Bertz CT molecular complexity index is 401. The first kappa shape index (κ1) is 12.1. The van der Waals surface area contributed by atoms with Crippen molar-refractivity contribution in [1.29, 1.82) is 0 Å². The average Bonchev–Trinajstić information content (AvgIpc) is 3.15. The van der Waals surface area contributed by atoms with Crippen molar-refractivity contribution in [3.63, 3.8) is 0 Å². The molecule has 3 rings (SSSR count). The molecule has 18 heavy (non-hydrogen) atoms. The van der Waals surface area contributed by atoms with Crippen LogP contribution in [-0.4, -0.2) is 46.5 Å². The fourth-order valence-electron chi connectivity index (χ4n) is 2.98. The minimum atomic E-state index is 0.0985. The molecular formula is C13H22N4O. The molecule has 1 saturated carbocycles. The summed E-state index contributed by atoms with van der Waals surface area (Å²) in [7, 11) is 0. The van der Waals surface area contributed by atoms with Gasteiger partial charge in [0, 0.05) is 31.9 Å². The third-order valence-electron chi connectivity index (χ3n) is 3.99. The summed E-state index contributed by atoms with van der Waals surface area (Å²) < 4.78 is 7.93. The predicted octanol–water partition coefficient (Wildman–Crippen LogP) is 0.766. The number of hydrogen-bond donors (Lipinski definition) is 1. The van der Waals surface area contributed by atoms with Crippen molar-refractivity contribution < 1.29 is 4.74 Å². The maximum atomic E-state index is 5.89. The van der Waals surface area contributed by atoms with Crippen molar-refractivity contribution in [1.82, 2.24) is 14.7 Å². The zero-order valence-electron chi connectivity index (χ0n) is 11.0. The summed E-state index contributed by atoms with van der Waals surface area (Å²) in [4.78, 5) is 2.57. The second-order valence-electron chi connectivity index (χ2n) is 5.13. The van der Waals surface area contributed by atoms with Gasteiger partial charge >= 0.3 is 0 Å². The summed E-state index contributed by atoms with van der Waals surface area (Å²) in [5, 5.41) is 4.39. The van der Waals surface area contributed by atoms with E-state index >= 15 is 0 Å². The number of hydrogen-bond acceptors (Lipinski definition) is 4. The first-order chi connectivity index (χ1) is 8.85. The minimum absolute atomic E-state index is 0.0985. The molecule has 1 aromatic rings. The van der Waals surface area contributed by atoms with Gasteiger partial charge in [-0.25, -0.2) is 0 Å².